The summed E-state index contributed by atoms with van der Waals surface area (Å²) in [5, 5.41) is 4.60. The van der Waals surface area contributed by atoms with Crippen LogP contribution in [0.15, 0.2) is 42.6 Å². The molecule has 0 radical (unpaired) electrons. The normalized spacial score (nSPS) is 12.8. The van der Waals surface area contributed by atoms with E-state index >= 15 is 0 Å². The van der Waals surface area contributed by atoms with Crippen LogP contribution in [0.1, 0.15) is 38.4 Å². The van der Waals surface area contributed by atoms with Gasteiger partial charge >= 0.3 is 0 Å². The van der Waals surface area contributed by atoms with E-state index in [2.05, 4.69) is 24.4 Å². The molecule has 0 fully saturated rings. The largest absolute Gasteiger partial charge is 0.271 e. The number of hydrazine groups is 1. The quantitative estimate of drug-likeness (QED) is 0.619. The lowest BCUT2D eigenvalue weighted by molar-refractivity contribution is 0.439. The number of hydrogen-bond acceptors (Lipinski definition) is 3. The molecule has 2 rings (SSSR count). The third kappa shape index (κ3) is 3.66. The Hall–Kier alpha value is -1.65. The minimum absolute atomic E-state index is 0.118. The van der Waals surface area contributed by atoms with Gasteiger partial charge in [-0.2, -0.15) is 5.10 Å². The number of benzene rings is 1. The number of nitrogens with one attached hydrogen (secondary N) is 1. The number of hydrogen-bond donors (Lipinski definition) is 2. The van der Waals surface area contributed by atoms with Crippen LogP contribution in [-0.4, -0.2) is 9.78 Å². The SMILES string of the molecule is CC(C)CCC(NN)c1ccn(-c2ccccc2)n1. The zero-order chi connectivity index (χ0) is 13.7. The van der Waals surface area contributed by atoms with E-state index in [1.807, 2.05) is 47.3 Å². The van der Waals surface area contributed by atoms with Gasteiger partial charge in [-0.05, 0) is 37.0 Å². The predicted octanol–water partition coefficient (Wildman–Crippen LogP) is 2.81. The van der Waals surface area contributed by atoms with E-state index in [0.717, 1.165) is 24.2 Å². The highest BCUT2D eigenvalue weighted by atomic mass is 15.3. The lowest BCUT2D eigenvalue weighted by Crippen LogP contribution is -2.28. The average molecular weight is 258 g/mol. The van der Waals surface area contributed by atoms with Crippen molar-refractivity contribution in [2.24, 2.45) is 11.8 Å². The fourth-order valence-electron chi connectivity index (χ4n) is 2.07. The molecule has 0 aliphatic rings. The van der Waals surface area contributed by atoms with Crippen molar-refractivity contribution in [1.29, 1.82) is 0 Å². The van der Waals surface area contributed by atoms with Gasteiger partial charge in [0.1, 0.15) is 0 Å². The molecule has 0 spiro atoms. The van der Waals surface area contributed by atoms with Crippen molar-refractivity contribution in [2.45, 2.75) is 32.7 Å². The molecule has 1 unspecified atom stereocenters. The zero-order valence-corrected chi connectivity index (χ0v) is 11.6. The van der Waals surface area contributed by atoms with Gasteiger partial charge in [0.25, 0.3) is 0 Å². The Morgan fingerprint density at radius 3 is 2.53 bits per heavy atom. The van der Waals surface area contributed by atoms with E-state index in [1.165, 1.54) is 0 Å². The van der Waals surface area contributed by atoms with Crippen molar-refractivity contribution < 1.29 is 0 Å². The lowest BCUT2D eigenvalue weighted by atomic mass is 10.0. The van der Waals surface area contributed by atoms with Crippen LogP contribution < -0.4 is 11.3 Å². The van der Waals surface area contributed by atoms with Crippen molar-refractivity contribution in [3.05, 3.63) is 48.3 Å². The average Bonchev–Trinajstić information content (AvgIpc) is 2.90. The molecular formula is C15H22N4. The Balaban J connectivity index is 2.11. The molecule has 2 aromatic rings. The standard InChI is InChI=1S/C15H22N4/c1-12(2)8-9-14(17-16)15-10-11-19(18-15)13-6-4-3-5-7-13/h3-7,10-12,14,17H,8-9,16H2,1-2H3. The minimum Gasteiger partial charge on any atom is -0.271 e. The number of nitrogens with zero attached hydrogens (tertiary/aromatic N) is 2. The molecule has 0 aliphatic heterocycles. The molecule has 0 saturated carbocycles. The van der Waals surface area contributed by atoms with Gasteiger partial charge in [-0.25, -0.2) is 4.68 Å². The molecule has 0 saturated heterocycles. The lowest BCUT2D eigenvalue weighted by Gasteiger charge is -2.14. The van der Waals surface area contributed by atoms with Crippen LogP contribution in [0.25, 0.3) is 5.69 Å². The smallest absolute Gasteiger partial charge is 0.0811 e. The van der Waals surface area contributed by atoms with Gasteiger partial charge in [-0.15, -0.1) is 0 Å². The molecule has 3 N–H and O–H groups in total. The van der Waals surface area contributed by atoms with Gasteiger partial charge in [0, 0.05) is 6.20 Å². The van der Waals surface area contributed by atoms with E-state index < -0.39 is 0 Å². The molecule has 4 heteroatoms. The summed E-state index contributed by atoms with van der Waals surface area (Å²) in [4.78, 5) is 0. The van der Waals surface area contributed by atoms with E-state index in [9.17, 15) is 0 Å². The number of aromatic nitrogens is 2. The Morgan fingerprint density at radius 1 is 1.16 bits per heavy atom. The van der Waals surface area contributed by atoms with E-state index in [-0.39, 0.29) is 6.04 Å². The minimum atomic E-state index is 0.118. The number of nitrogens with two attached hydrogens (primary N) is 1. The number of rotatable bonds is 6. The van der Waals surface area contributed by atoms with E-state index in [1.54, 1.807) is 0 Å². The van der Waals surface area contributed by atoms with Crippen molar-refractivity contribution in [3.63, 3.8) is 0 Å². The second-order valence-corrected chi connectivity index (χ2v) is 5.21. The summed E-state index contributed by atoms with van der Waals surface area (Å²) in [6.07, 6.45) is 4.11. The van der Waals surface area contributed by atoms with E-state index in [0.29, 0.717) is 5.92 Å². The highest BCUT2D eigenvalue weighted by Crippen LogP contribution is 2.19. The first-order valence-electron chi connectivity index (χ1n) is 6.78. The number of para-hydroxylation sites is 1. The summed E-state index contributed by atoms with van der Waals surface area (Å²) in [7, 11) is 0. The maximum Gasteiger partial charge on any atom is 0.0811 e. The second kappa shape index (κ2) is 6.50. The Labute approximate surface area is 114 Å². The van der Waals surface area contributed by atoms with E-state index in [4.69, 9.17) is 5.84 Å². The third-order valence-corrected chi connectivity index (χ3v) is 3.22. The van der Waals surface area contributed by atoms with Gasteiger partial charge in [-0.1, -0.05) is 32.0 Å². The Morgan fingerprint density at radius 2 is 1.89 bits per heavy atom. The van der Waals surface area contributed by atoms with Gasteiger partial charge < -0.3 is 0 Å². The molecule has 1 aromatic heterocycles. The highest BCUT2D eigenvalue weighted by molar-refractivity contribution is 5.30. The summed E-state index contributed by atoms with van der Waals surface area (Å²) in [5.41, 5.74) is 4.92. The third-order valence-electron chi connectivity index (χ3n) is 3.22. The van der Waals surface area contributed by atoms with Crippen LogP contribution in [0.5, 0.6) is 0 Å². The van der Waals surface area contributed by atoms with Crippen LogP contribution in [-0.2, 0) is 0 Å². The van der Waals surface area contributed by atoms with Crippen molar-refractivity contribution in [2.75, 3.05) is 0 Å². The monoisotopic (exact) mass is 258 g/mol. The first-order chi connectivity index (χ1) is 9.20. The molecule has 1 atom stereocenters. The fraction of sp³-hybridized carbons (Fsp3) is 0.400. The highest BCUT2D eigenvalue weighted by Gasteiger charge is 2.13. The fourth-order valence-corrected chi connectivity index (χ4v) is 2.07. The van der Waals surface area contributed by atoms with Crippen LogP contribution in [0, 0.1) is 5.92 Å². The maximum atomic E-state index is 5.64. The van der Waals surface area contributed by atoms with Crippen molar-refractivity contribution >= 4 is 0 Å². The Bertz CT molecular complexity index is 490. The van der Waals surface area contributed by atoms with Gasteiger partial charge in [-0.3, -0.25) is 11.3 Å². The summed E-state index contributed by atoms with van der Waals surface area (Å²) >= 11 is 0. The van der Waals surface area contributed by atoms with Gasteiger partial charge in [0.15, 0.2) is 0 Å². The molecule has 102 valence electrons. The van der Waals surface area contributed by atoms with Gasteiger partial charge in [0.2, 0.25) is 0 Å². The summed E-state index contributed by atoms with van der Waals surface area (Å²) in [5.74, 6) is 6.31. The van der Waals surface area contributed by atoms with Crippen molar-refractivity contribution in [1.82, 2.24) is 15.2 Å². The predicted molar refractivity (Wildman–Crippen MR) is 77.7 cm³/mol. The Kier molecular flexibility index (Phi) is 4.71. The molecule has 4 nitrogen and oxygen atoms in total. The van der Waals surface area contributed by atoms with Crippen LogP contribution in [0.3, 0.4) is 0 Å². The summed E-state index contributed by atoms with van der Waals surface area (Å²) < 4.78 is 1.88. The van der Waals surface area contributed by atoms with Crippen LogP contribution in [0.2, 0.25) is 0 Å². The summed E-state index contributed by atoms with van der Waals surface area (Å²) in [6, 6.07) is 12.2. The van der Waals surface area contributed by atoms with Crippen molar-refractivity contribution in [3.8, 4) is 5.69 Å². The molecule has 0 aliphatic carbocycles. The molecule has 1 heterocycles. The van der Waals surface area contributed by atoms with Crippen LogP contribution >= 0.6 is 0 Å². The maximum absolute atomic E-state index is 5.64. The zero-order valence-electron chi connectivity index (χ0n) is 11.6. The molecule has 19 heavy (non-hydrogen) atoms. The first kappa shape index (κ1) is 13.8. The topological polar surface area (TPSA) is 55.9 Å². The molecular weight excluding hydrogens is 236 g/mol. The van der Waals surface area contributed by atoms with Crippen LogP contribution in [0.4, 0.5) is 0 Å². The second-order valence-electron chi connectivity index (χ2n) is 5.21. The summed E-state index contributed by atoms with van der Waals surface area (Å²) in [6.45, 7) is 4.44. The first-order valence-corrected chi connectivity index (χ1v) is 6.78. The molecule has 0 bridgehead atoms. The molecule has 0 amide bonds. The molecule has 1 aromatic carbocycles. The van der Waals surface area contributed by atoms with Gasteiger partial charge in [0.05, 0.1) is 17.4 Å².